The first-order valence-corrected chi connectivity index (χ1v) is 7.84. The Hall–Kier alpha value is -2.08. The second kappa shape index (κ2) is 5.73. The van der Waals surface area contributed by atoms with Crippen LogP contribution in [0.15, 0.2) is 43.0 Å². The van der Waals surface area contributed by atoms with E-state index in [0.29, 0.717) is 0 Å². The molecule has 0 fully saturated rings. The summed E-state index contributed by atoms with van der Waals surface area (Å²) < 4.78 is 0. The fraction of sp³-hybridized carbons (Fsp3) is 0.238. The summed E-state index contributed by atoms with van der Waals surface area (Å²) in [6, 6.07) is 13.4. The highest BCUT2D eigenvalue weighted by Gasteiger charge is 2.07. The van der Waals surface area contributed by atoms with Crippen molar-refractivity contribution in [2.45, 2.75) is 32.6 Å². The molecule has 0 bridgehead atoms. The van der Waals surface area contributed by atoms with Gasteiger partial charge in [0.2, 0.25) is 0 Å². The van der Waals surface area contributed by atoms with Gasteiger partial charge in [0.05, 0.1) is 0 Å². The van der Waals surface area contributed by atoms with Gasteiger partial charge in [-0.05, 0) is 50.7 Å². The number of hydrogen-bond donors (Lipinski definition) is 0. The normalized spacial score (nSPS) is 11.3. The van der Waals surface area contributed by atoms with Crippen LogP contribution in [0.2, 0.25) is 0 Å². The van der Waals surface area contributed by atoms with Crippen LogP contribution in [0.1, 0.15) is 37.3 Å². The van der Waals surface area contributed by atoms with Crippen LogP contribution in [-0.2, 0) is 6.42 Å². The van der Waals surface area contributed by atoms with E-state index in [0.717, 1.165) is 5.22 Å². The van der Waals surface area contributed by atoms with Crippen LogP contribution < -0.4 is 5.22 Å². The summed E-state index contributed by atoms with van der Waals surface area (Å²) in [4.78, 5) is 0. The first-order valence-electron chi connectivity index (χ1n) is 7.84. The van der Waals surface area contributed by atoms with Crippen molar-refractivity contribution >= 4 is 34.2 Å². The van der Waals surface area contributed by atoms with Crippen molar-refractivity contribution in [3.8, 4) is 0 Å². The van der Waals surface area contributed by atoms with E-state index in [9.17, 15) is 0 Å². The third-order valence-corrected chi connectivity index (χ3v) is 4.31. The standard InChI is InChI=1S/C21H22/c1-4-6-7-8-16-13-18-10-9-15(3)20-17(5-2)11-12-19(14-16)21(18)20/h5,9-14H,2-4,6-8H2,1H3. The van der Waals surface area contributed by atoms with E-state index in [1.54, 1.807) is 0 Å². The zero-order valence-electron chi connectivity index (χ0n) is 12.8. The number of aryl methyl sites for hydroxylation is 1. The van der Waals surface area contributed by atoms with Gasteiger partial charge in [-0.15, -0.1) is 0 Å². The summed E-state index contributed by atoms with van der Waals surface area (Å²) in [5.74, 6) is 0. The van der Waals surface area contributed by atoms with Crippen molar-refractivity contribution in [2.75, 3.05) is 0 Å². The Labute approximate surface area is 126 Å². The zero-order chi connectivity index (χ0) is 14.8. The summed E-state index contributed by atoms with van der Waals surface area (Å²) >= 11 is 0. The van der Waals surface area contributed by atoms with E-state index in [2.05, 4.69) is 56.5 Å². The molecule has 0 unspecified atom stereocenters. The van der Waals surface area contributed by atoms with E-state index < -0.39 is 0 Å². The Balaban J connectivity index is 2.22. The van der Waals surface area contributed by atoms with Crippen LogP contribution in [0.5, 0.6) is 0 Å². The molecule has 0 aliphatic carbocycles. The molecular weight excluding hydrogens is 252 g/mol. The van der Waals surface area contributed by atoms with Gasteiger partial charge >= 0.3 is 0 Å². The van der Waals surface area contributed by atoms with Crippen LogP contribution in [0, 0.1) is 0 Å². The molecule has 0 heteroatoms. The van der Waals surface area contributed by atoms with Crippen LogP contribution >= 0.6 is 0 Å². The minimum Gasteiger partial charge on any atom is -0.0984 e. The molecule has 0 heterocycles. The highest BCUT2D eigenvalue weighted by molar-refractivity contribution is 6.13. The van der Waals surface area contributed by atoms with E-state index in [-0.39, 0.29) is 0 Å². The molecule has 0 atom stereocenters. The molecule has 0 amide bonds. The summed E-state index contributed by atoms with van der Waals surface area (Å²) in [5, 5.41) is 6.32. The van der Waals surface area contributed by atoms with E-state index in [4.69, 9.17) is 0 Å². The number of benzene rings is 3. The maximum atomic E-state index is 4.20. The van der Waals surface area contributed by atoms with Gasteiger partial charge in [0.25, 0.3) is 0 Å². The smallest absolute Gasteiger partial charge is 0.00268 e. The maximum Gasteiger partial charge on any atom is -0.00268 e. The Morgan fingerprint density at radius 3 is 2.33 bits per heavy atom. The predicted molar refractivity (Wildman–Crippen MR) is 95.5 cm³/mol. The molecule has 3 aromatic carbocycles. The first-order chi connectivity index (χ1) is 10.2. The molecule has 0 aliphatic heterocycles. The Bertz CT molecular complexity index is 821. The second-order valence-corrected chi connectivity index (χ2v) is 5.83. The number of rotatable bonds is 5. The van der Waals surface area contributed by atoms with Crippen molar-refractivity contribution in [1.82, 2.24) is 0 Å². The average Bonchev–Trinajstić information content (AvgIpc) is 2.51. The molecule has 3 aromatic rings. The molecule has 106 valence electrons. The van der Waals surface area contributed by atoms with Crippen molar-refractivity contribution < 1.29 is 0 Å². The molecule has 0 spiro atoms. The summed E-state index contributed by atoms with van der Waals surface area (Å²) in [5.41, 5.74) is 2.62. The second-order valence-electron chi connectivity index (χ2n) is 5.83. The van der Waals surface area contributed by atoms with E-state index in [1.165, 1.54) is 58.4 Å². The molecule has 0 saturated heterocycles. The fourth-order valence-corrected chi connectivity index (χ4v) is 3.22. The highest BCUT2D eigenvalue weighted by Crippen LogP contribution is 2.29. The summed E-state index contributed by atoms with van der Waals surface area (Å²) in [7, 11) is 0. The summed E-state index contributed by atoms with van der Waals surface area (Å²) in [6.45, 7) is 10.4. The predicted octanol–water partition coefficient (Wildman–Crippen LogP) is 5.50. The minimum atomic E-state index is 1.08. The first kappa shape index (κ1) is 13.9. The van der Waals surface area contributed by atoms with Crippen molar-refractivity contribution in [2.24, 2.45) is 0 Å². The zero-order valence-corrected chi connectivity index (χ0v) is 12.8. The lowest BCUT2D eigenvalue weighted by molar-refractivity contribution is 0.718. The SMILES string of the molecule is C=Cc1ccc2cc(CCCCC)cc3ccc(=C)c1c23. The Kier molecular flexibility index (Phi) is 3.79. The molecule has 0 radical (unpaired) electrons. The van der Waals surface area contributed by atoms with Gasteiger partial charge in [-0.2, -0.15) is 0 Å². The number of hydrogen-bond acceptors (Lipinski definition) is 0. The monoisotopic (exact) mass is 274 g/mol. The molecule has 0 aliphatic rings. The van der Waals surface area contributed by atoms with Gasteiger partial charge in [0, 0.05) is 0 Å². The lowest BCUT2D eigenvalue weighted by atomic mass is 9.92. The van der Waals surface area contributed by atoms with Crippen LogP contribution in [0.4, 0.5) is 0 Å². The minimum absolute atomic E-state index is 1.08. The van der Waals surface area contributed by atoms with Gasteiger partial charge in [0.15, 0.2) is 0 Å². The van der Waals surface area contributed by atoms with Crippen LogP contribution in [-0.4, -0.2) is 0 Å². The molecule has 0 aromatic heterocycles. The van der Waals surface area contributed by atoms with Gasteiger partial charge in [-0.25, -0.2) is 0 Å². The molecule has 0 N–H and O–H groups in total. The van der Waals surface area contributed by atoms with Crippen molar-refractivity contribution in [1.29, 1.82) is 0 Å². The summed E-state index contributed by atoms with van der Waals surface area (Å²) in [6.07, 6.45) is 6.95. The largest absolute Gasteiger partial charge is 0.0984 e. The molecular formula is C21H22. The Morgan fingerprint density at radius 2 is 1.67 bits per heavy atom. The Morgan fingerprint density at radius 1 is 0.952 bits per heavy atom. The van der Waals surface area contributed by atoms with Crippen molar-refractivity contribution in [3.63, 3.8) is 0 Å². The quantitative estimate of drug-likeness (QED) is 0.539. The molecule has 3 rings (SSSR count). The highest BCUT2D eigenvalue weighted by atomic mass is 14.1. The third-order valence-electron chi connectivity index (χ3n) is 4.31. The third kappa shape index (κ3) is 2.47. The van der Waals surface area contributed by atoms with Crippen molar-refractivity contribution in [3.05, 3.63) is 59.3 Å². The maximum absolute atomic E-state index is 4.20. The topological polar surface area (TPSA) is 0 Å². The van der Waals surface area contributed by atoms with E-state index in [1.807, 2.05) is 6.08 Å². The molecule has 0 nitrogen and oxygen atoms in total. The van der Waals surface area contributed by atoms with Gasteiger partial charge < -0.3 is 0 Å². The van der Waals surface area contributed by atoms with Crippen LogP contribution in [0.25, 0.3) is 34.2 Å². The number of unbranched alkanes of at least 4 members (excludes halogenated alkanes) is 2. The molecule has 21 heavy (non-hydrogen) atoms. The average molecular weight is 274 g/mol. The lowest BCUT2D eigenvalue weighted by Gasteiger charge is -2.11. The van der Waals surface area contributed by atoms with Gasteiger partial charge in [0.1, 0.15) is 0 Å². The van der Waals surface area contributed by atoms with Crippen LogP contribution in [0.3, 0.4) is 0 Å². The van der Waals surface area contributed by atoms with E-state index >= 15 is 0 Å². The fourth-order valence-electron chi connectivity index (χ4n) is 3.22. The molecule has 0 saturated carbocycles. The van der Waals surface area contributed by atoms with Gasteiger partial charge in [-0.3, -0.25) is 0 Å². The van der Waals surface area contributed by atoms with Gasteiger partial charge in [-0.1, -0.05) is 75.4 Å². The lowest BCUT2D eigenvalue weighted by Crippen LogP contribution is -2.01.